The number of ether oxygens (including phenoxy) is 1. The van der Waals surface area contributed by atoms with E-state index in [4.69, 9.17) is 16.3 Å². The Kier molecular flexibility index (Phi) is 5.66. The quantitative estimate of drug-likeness (QED) is 0.478. The molecule has 0 fully saturated rings. The molecule has 0 aromatic heterocycles. The summed E-state index contributed by atoms with van der Waals surface area (Å²) in [5, 5.41) is 13.0. The molecule has 1 N–H and O–H groups in total. The average Bonchev–Trinajstić information content (AvgIpc) is 2.58. The Morgan fingerprint density at radius 3 is 2.68 bits per heavy atom. The van der Waals surface area contributed by atoms with Crippen LogP contribution >= 0.6 is 11.6 Å². The summed E-state index contributed by atoms with van der Waals surface area (Å²) < 4.78 is 18.5. The van der Waals surface area contributed by atoms with Gasteiger partial charge < -0.3 is 10.1 Å². The molecule has 0 saturated heterocycles. The third-order valence-corrected chi connectivity index (χ3v) is 3.48. The van der Waals surface area contributed by atoms with Gasteiger partial charge in [-0.3, -0.25) is 19.7 Å². The first-order valence-corrected chi connectivity index (χ1v) is 7.36. The number of hydrogen-bond acceptors (Lipinski definition) is 5. The average molecular weight is 367 g/mol. The lowest BCUT2D eigenvalue weighted by atomic mass is 10.2. The maximum absolute atomic E-state index is 13.1. The van der Waals surface area contributed by atoms with Crippen LogP contribution in [-0.2, 0) is 4.79 Å². The molecule has 0 bridgehead atoms. The lowest BCUT2D eigenvalue weighted by Crippen LogP contribution is -2.30. The summed E-state index contributed by atoms with van der Waals surface area (Å²) in [6.07, 6.45) is -0.629. The van der Waals surface area contributed by atoms with E-state index in [1.54, 1.807) is 0 Å². The number of aldehydes is 1. The number of benzene rings is 2. The number of carbonyl (C=O) groups excluding carboxylic acids is 2. The van der Waals surface area contributed by atoms with Crippen molar-refractivity contribution in [2.45, 2.75) is 13.0 Å². The van der Waals surface area contributed by atoms with E-state index in [2.05, 4.69) is 5.32 Å². The minimum atomic E-state index is -1.02. The summed E-state index contributed by atoms with van der Waals surface area (Å²) in [6, 6.07) is 7.11. The first-order chi connectivity index (χ1) is 11.8. The summed E-state index contributed by atoms with van der Waals surface area (Å²) in [4.78, 5) is 33.2. The van der Waals surface area contributed by atoms with Crippen molar-refractivity contribution in [2.24, 2.45) is 0 Å². The first-order valence-electron chi connectivity index (χ1n) is 6.98. The number of halogens is 2. The molecule has 0 saturated carbocycles. The van der Waals surface area contributed by atoms with Crippen LogP contribution in [0.25, 0.3) is 0 Å². The third kappa shape index (κ3) is 4.51. The van der Waals surface area contributed by atoms with Crippen molar-refractivity contribution in [1.29, 1.82) is 0 Å². The molecule has 130 valence electrons. The number of hydrogen-bond donors (Lipinski definition) is 1. The van der Waals surface area contributed by atoms with Crippen LogP contribution in [0.4, 0.5) is 15.8 Å². The Bertz CT molecular complexity index is 843. The van der Waals surface area contributed by atoms with Gasteiger partial charge in [0.15, 0.2) is 12.4 Å². The molecule has 1 atom stereocenters. The fourth-order valence-electron chi connectivity index (χ4n) is 1.91. The second kappa shape index (κ2) is 7.71. The van der Waals surface area contributed by atoms with Crippen LogP contribution in [-0.4, -0.2) is 23.2 Å². The van der Waals surface area contributed by atoms with Gasteiger partial charge in [-0.1, -0.05) is 11.6 Å². The molecule has 0 aliphatic rings. The second-order valence-electron chi connectivity index (χ2n) is 4.98. The van der Waals surface area contributed by atoms with Crippen LogP contribution < -0.4 is 10.1 Å². The van der Waals surface area contributed by atoms with Crippen LogP contribution in [0.15, 0.2) is 36.4 Å². The number of anilines is 1. The van der Waals surface area contributed by atoms with E-state index in [9.17, 15) is 24.1 Å². The SMILES string of the molecule is C[C@H](Oc1ccc([N+](=O)[O-])cc1C=O)C(=O)Nc1ccc(F)c(Cl)c1. The van der Waals surface area contributed by atoms with Gasteiger partial charge in [-0.15, -0.1) is 0 Å². The van der Waals surface area contributed by atoms with Crippen LogP contribution in [0.2, 0.25) is 5.02 Å². The summed E-state index contributed by atoms with van der Waals surface area (Å²) in [5.41, 5.74) is -0.0580. The number of nitrogens with zero attached hydrogens (tertiary/aromatic N) is 1. The molecule has 0 unspecified atom stereocenters. The molecule has 9 heteroatoms. The van der Waals surface area contributed by atoms with Crippen LogP contribution in [0.1, 0.15) is 17.3 Å². The Labute approximate surface area is 146 Å². The summed E-state index contributed by atoms with van der Waals surface area (Å²) in [5.74, 6) is -1.16. The van der Waals surface area contributed by atoms with Crippen LogP contribution in [0, 0.1) is 15.9 Å². The zero-order chi connectivity index (χ0) is 18.6. The largest absolute Gasteiger partial charge is 0.480 e. The van der Waals surface area contributed by atoms with E-state index in [1.807, 2.05) is 0 Å². The van der Waals surface area contributed by atoms with Gasteiger partial charge in [-0.05, 0) is 31.2 Å². The standard InChI is InChI=1S/C16H12ClFN2O5/c1-9(16(22)19-11-2-4-14(18)13(17)7-11)25-15-5-3-12(20(23)24)6-10(15)8-21/h2-9H,1H3,(H,19,22)/t9-/m0/s1. The fraction of sp³-hybridized carbons (Fsp3) is 0.125. The Hall–Kier alpha value is -3.00. The number of nitrogens with one attached hydrogen (secondary N) is 1. The summed E-state index contributed by atoms with van der Waals surface area (Å²) in [7, 11) is 0. The monoisotopic (exact) mass is 366 g/mol. The van der Waals surface area contributed by atoms with Crippen molar-refractivity contribution < 1.29 is 23.6 Å². The van der Waals surface area contributed by atoms with E-state index in [-0.39, 0.29) is 27.7 Å². The van der Waals surface area contributed by atoms with Crippen molar-refractivity contribution >= 4 is 35.2 Å². The molecular formula is C16H12ClFN2O5. The van der Waals surface area contributed by atoms with Gasteiger partial charge in [0.1, 0.15) is 11.6 Å². The highest BCUT2D eigenvalue weighted by molar-refractivity contribution is 6.31. The number of rotatable bonds is 6. The minimum Gasteiger partial charge on any atom is -0.480 e. The number of carbonyl (C=O) groups is 2. The Morgan fingerprint density at radius 2 is 2.08 bits per heavy atom. The van der Waals surface area contributed by atoms with E-state index in [1.165, 1.54) is 25.1 Å². The van der Waals surface area contributed by atoms with E-state index < -0.39 is 22.8 Å². The molecule has 0 heterocycles. The zero-order valence-electron chi connectivity index (χ0n) is 12.9. The minimum absolute atomic E-state index is 0.0281. The lowest BCUT2D eigenvalue weighted by Gasteiger charge is -2.16. The molecule has 0 aliphatic carbocycles. The van der Waals surface area contributed by atoms with Gasteiger partial charge in [0, 0.05) is 17.8 Å². The van der Waals surface area contributed by atoms with E-state index in [0.717, 1.165) is 18.2 Å². The molecule has 2 aromatic rings. The molecule has 0 radical (unpaired) electrons. The molecule has 7 nitrogen and oxygen atoms in total. The van der Waals surface area contributed by atoms with Crippen molar-refractivity contribution in [3.63, 3.8) is 0 Å². The Balaban J connectivity index is 2.11. The predicted octanol–water partition coefficient (Wildman–Crippen LogP) is 3.61. The van der Waals surface area contributed by atoms with Crippen LogP contribution in [0.3, 0.4) is 0 Å². The highest BCUT2D eigenvalue weighted by Gasteiger charge is 2.19. The molecule has 2 aromatic carbocycles. The molecular weight excluding hydrogens is 355 g/mol. The smallest absolute Gasteiger partial charge is 0.270 e. The first kappa shape index (κ1) is 18.3. The van der Waals surface area contributed by atoms with Crippen molar-refractivity contribution in [3.05, 3.63) is 62.9 Å². The maximum atomic E-state index is 13.1. The van der Waals surface area contributed by atoms with Gasteiger partial charge in [0.2, 0.25) is 0 Å². The second-order valence-corrected chi connectivity index (χ2v) is 5.38. The van der Waals surface area contributed by atoms with Crippen molar-refractivity contribution in [2.75, 3.05) is 5.32 Å². The molecule has 1 amide bonds. The normalized spacial score (nSPS) is 11.5. The van der Waals surface area contributed by atoms with Crippen LogP contribution in [0.5, 0.6) is 5.75 Å². The third-order valence-electron chi connectivity index (χ3n) is 3.19. The number of non-ortho nitro benzene ring substituents is 1. The molecule has 25 heavy (non-hydrogen) atoms. The van der Waals surface area contributed by atoms with Gasteiger partial charge in [-0.2, -0.15) is 0 Å². The van der Waals surface area contributed by atoms with Crippen molar-refractivity contribution in [1.82, 2.24) is 0 Å². The topological polar surface area (TPSA) is 98.5 Å². The van der Waals surface area contributed by atoms with Gasteiger partial charge >= 0.3 is 0 Å². The Morgan fingerprint density at radius 1 is 1.36 bits per heavy atom. The molecule has 0 spiro atoms. The molecule has 2 rings (SSSR count). The number of nitro groups is 1. The number of nitro benzene ring substituents is 1. The predicted molar refractivity (Wildman–Crippen MR) is 88.6 cm³/mol. The maximum Gasteiger partial charge on any atom is 0.270 e. The summed E-state index contributed by atoms with van der Waals surface area (Å²) >= 11 is 5.64. The lowest BCUT2D eigenvalue weighted by molar-refractivity contribution is -0.384. The fourth-order valence-corrected chi connectivity index (χ4v) is 2.09. The van der Waals surface area contributed by atoms with E-state index >= 15 is 0 Å². The molecule has 0 aliphatic heterocycles. The highest BCUT2D eigenvalue weighted by atomic mass is 35.5. The number of amides is 1. The highest BCUT2D eigenvalue weighted by Crippen LogP contribution is 2.24. The summed E-state index contributed by atoms with van der Waals surface area (Å²) in [6.45, 7) is 1.43. The van der Waals surface area contributed by atoms with Gasteiger partial charge in [0.25, 0.3) is 11.6 Å². The van der Waals surface area contributed by atoms with Gasteiger partial charge in [0.05, 0.1) is 15.5 Å². The van der Waals surface area contributed by atoms with Gasteiger partial charge in [-0.25, -0.2) is 4.39 Å². The van der Waals surface area contributed by atoms with E-state index in [0.29, 0.717) is 6.29 Å². The van der Waals surface area contributed by atoms with Crippen molar-refractivity contribution in [3.8, 4) is 5.75 Å². The zero-order valence-corrected chi connectivity index (χ0v) is 13.6.